The van der Waals surface area contributed by atoms with E-state index >= 15 is 0 Å². The Morgan fingerprint density at radius 3 is 1.91 bits per heavy atom. The Hall–Kier alpha value is -2.88. The molecule has 2 aromatic carbocycles. The van der Waals surface area contributed by atoms with E-state index in [1.165, 1.54) is 7.11 Å². The number of ether oxygens (including phenoxy) is 1. The lowest BCUT2D eigenvalue weighted by molar-refractivity contribution is -0.132. The highest BCUT2D eigenvalue weighted by molar-refractivity contribution is 5.91. The van der Waals surface area contributed by atoms with Gasteiger partial charge in [0.05, 0.1) is 12.7 Å². The van der Waals surface area contributed by atoms with Gasteiger partial charge in [-0.1, -0.05) is 36.4 Å². The molecule has 0 aromatic heterocycles. The molecular formula is C18H16O4. The number of hydrogen-bond donors (Lipinski definition) is 1. The quantitative estimate of drug-likeness (QED) is 0.691. The van der Waals surface area contributed by atoms with Gasteiger partial charge in [-0.2, -0.15) is 0 Å². The fourth-order valence-electron chi connectivity index (χ4n) is 2.00. The molecule has 0 aliphatic heterocycles. The molecular weight excluding hydrogens is 280 g/mol. The van der Waals surface area contributed by atoms with E-state index in [2.05, 4.69) is 4.74 Å². The number of benzene rings is 2. The van der Waals surface area contributed by atoms with Crippen molar-refractivity contribution in [3.8, 4) is 11.1 Å². The van der Waals surface area contributed by atoms with Crippen LogP contribution in [-0.2, 0) is 9.53 Å². The van der Waals surface area contributed by atoms with Gasteiger partial charge in [0.1, 0.15) is 0 Å². The predicted molar refractivity (Wildman–Crippen MR) is 84.5 cm³/mol. The number of hydrogen-bond acceptors (Lipinski definition) is 3. The number of carboxylic acid groups (broad SMARTS) is 1. The van der Waals surface area contributed by atoms with Crippen LogP contribution in [0.5, 0.6) is 0 Å². The summed E-state index contributed by atoms with van der Waals surface area (Å²) >= 11 is 0. The highest BCUT2D eigenvalue weighted by Crippen LogP contribution is 2.21. The Morgan fingerprint density at radius 1 is 0.955 bits per heavy atom. The van der Waals surface area contributed by atoms with Crippen LogP contribution in [0.4, 0.5) is 0 Å². The number of aliphatic carboxylic acids is 1. The van der Waals surface area contributed by atoms with Crippen molar-refractivity contribution >= 4 is 18.0 Å². The van der Waals surface area contributed by atoms with Crippen LogP contribution in [-0.4, -0.2) is 24.2 Å². The number of carbonyl (C=O) groups excluding carboxylic acids is 1. The Balaban J connectivity index is 2.22. The molecule has 4 nitrogen and oxygen atoms in total. The molecule has 0 aliphatic carbocycles. The van der Waals surface area contributed by atoms with Crippen molar-refractivity contribution in [3.05, 3.63) is 65.2 Å². The van der Waals surface area contributed by atoms with Crippen molar-refractivity contribution in [2.45, 2.75) is 6.92 Å². The smallest absolute Gasteiger partial charge is 0.337 e. The van der Waals surface area contributed by atoms with Gasteiger partial charge in [0, 0.05) is 5.57 Å². The summed E-state index contributed by atoms with van der Waals surface area (Å²) < 4.78 is 4.66. The zero-order valence-corrected chi connectivity index (χ0v) is 12.4. The first-order chi connectivity index (χ1) is 10.5. The second-order valence-corrected chi connectivity index (χ2v) is 4.82. The van der Waals surface area contributed by atoms with Gasteiger partial charge in [-0.3, -0.25) is 0 Å². The SMILES string of the molecule is COC(=O)c1ccc(-c2ccc(/C=C(\C)C(=O)O)cc2)cc1. The maximum absolute atomic E-state index is 11.4. The average Bonchev–Trinajstić information content (AvgIpc) is 2.55. The highest BCUT2D eigenvalue weighted by Gasteiger charge is 2.05. The lowest BCUT2D eigenvalue weighted by Gasteiger charge is -2.04. The number of rotatable bonds is 4. The normalized spacial score (nSPS) is 11.1. The van der Waals surface area contributed by atoms with Crippen molar-refractivity contribution in [2.24, 2.45) is 0 Å². The summed E-state index contributed by atoms with van der Waals surface area (Å²) in [4.78, 5) is 22.2. The first-order valence-corrected chi connectivity index (χ1v) is 6.71. The van der Waals surface area contributed by atoms with E-state index in [4.69, 9.17) is 5.11 Å². The molecule has 0 bridgehead atoms. The second kappa shape index (κ2) is 6.72. The lowest BCUT2D eigenvalue weighted by atomic mass is 10.0. The first-order valence-electron chi connectivity index (χ1n) is 6.71. The minimum absolute atomic E-state index is 0.287. The molecule has 22 heavy (non-hydrogen) atoms. The first kappa shape index (κ1) is 15.5. The molecule has 0 saturated heterocycles. The monoisotopic (exact) mass is 296 g/mol. The van der Waals surface area contributed by atoms with E-state index in [0.29, 0.717) is 5.56 Å². The summed E-state index contributed by atoms with van der Waals surface area (Å²) in [6.07, 6.45) is 1.62. The van der Waals surface area contributed by atoms with Gasteiger partial charge in [0.25, 0.3) is 0 Å². The molecule has 0 saturated carbocycles. The maximum atomic E-state index is 11.4. The highest BCUT2D eigenvalue weighted by atomic mass is 16.5. The van der Waals surface area contributed by atoms with Gasteiger partial charge in [-0.05, 0) is 41.8 Å². The summed E-state index contributed by atoms with van der Waals surface area (Å²) in [6.45, 7) is 1.56. The molecule has 0 heterocycles. The molecule has 2 rings (SSSR count). The third-order valence-electron chi connectivity index (χ3n) is 3.27. The minimum atomic E-state index is -0.928. The third-order valence-corrected chi connectivity index (χ3v) is 3.27. The molecule has 0 spiro atoms. The number of esters is 1. The molecule has 1 N–H and O–H groups in total. The molecule has 0 amide bonds. The Morgan fingerprint density at radius 2 is 1.45 bits per heavy atom. The van der Waals surface area contributed by atoms with E-state index in [-0.39, 0.29) is 11.5 Å². The fraction of sp³-hybridized carbons (Fsp3) is 0.111. The van der Waals surface area contributed by atoms with Crippen LogP contribution in [0.2, 0.25) is 0 Å². The Bertz CT molecular complexity index is 710. The molecule has 0 unspecified atom stereocenters. The average molecular weight is 296 g/mol. The Labute approximate surface area is 128 Å². The van der Waals surface area contributed by atoms with Gasteiger partial charge in [-0.25, -0.2) is 9.59 Å². The van der Waals surface area contributed by atoms with Crippen LogP contribution in [0.3, 0.4) is 0 Å². The van der Waals surface area contributed by atoms with Crippen LogP contribution in [0.25, 0.3) is 17.2 Å². The van der Waals surface area contributed by atoms with E-state index in [1.807, 2.05) is 36.4 Å². The van der Waals surface area contributed by atoms with Gasteiger partial charge in [-0.15, -0.1) is 0 Å². The topological polar surface area (TPSA) is 63.6 Å². The summed E-state index contributed by atoms with van der Waals surface area (Å²) in [5, 5.41) is 8.86. The Kier molecular flexibility index (Phi) is 4.73. The lowest BCUT2D eigenvalue weighted by Crippen LogP contribution is -2.00. The van der Waals surface area contributed by atoms with Crippen molar-refractivity contribution in [2.75, 3.05) is 7.11 Å². The van der Waals surface area contributed by atoms with Crippen LogP contribution in [0, 0.1) is 0 Å². The summed E-state index contributed by atoms with van der Waals surface area (Å²) in [6, 6.07) is 14.7. The zero-order chi connectivity index (χ0) is 16.1. The summed E-state index contributed by atoms with van der Waals surface area (Å²) in [5.41, 5.74) is 3.58. The fourth-order valence-corrected chi connectivity index (χ4v) is 2.00. The molecule has 0 aliphatic rings. The van der Waals surface area contributed by atoms with Crippen LogP contribution in [0.1, 0.15) is 22.8 Å². The van der Waals surface area contributed by atoms with Gasteiger partial charge in [0.15, 0.2) is 0 Å². The molecule has 4 heteroatoms. The van der Waals surface area contributed by atoms with Gasteiger partial charge < -0.3 is 9.84 Å². The predicted octanol–water partition coefficient (Wildman–Crippen LogP) is 3.63. The number of carboxylic acids is 1. The number of methoxy groups -OCH3 is 1. The minimum Gasteiger partial charge on any atom is -0.478 e. The molecule has 0 radical (unpaired) electrons. The van der Waals surface area contributed by atoms with Crippen molar-refractivity contribution in [1.82, 2.24) is 0 Å². The van der Waals surface area contributed by atoms with E-state index in [0.717, 1.165) is 16.7 Å². The van der Waals surface area contributed by atoms with Crippen molar-refractivity contribution in [1.29, 1.82) is 0 Å². The van der Waals surface area contributed by atoms with Crippen LogP contribution in [0.15, 0.2) is 54.1 Å². The summed E-state index contributed by atoms with van der Waals surface area (Å²) in [7, 11) is 1.35. The third kappa shape index (κ3) is 3.61. The van der Waals surface area contributed by atoms with E-state index in [1.54, 1.807) is 25.1 Å². The van der Waals surface area contributed by atoms with Gasteiger partial charge >= 0.3 is 11.9 Å². The van der Waals surface area contributed by atoms with E-state index in [9.17, 15) is 9.59 Å². The maximum Gasteiger partial charge on any atom is 0.337 e. The molecule has 0 atom stereocenters. The largest absolute Gasteiger partial charge is 0.478 e. The van der Waals surface area contributed by atoms with Crippen LogP contribution >= 0.6 is 0 Å². The standard InChI is InChI=1S/C18H16O4/c1-12(17(19)20)11-13-3-5-14(6-4-13)15-7-9-16(10-8-15)18(21)22-2/h3-11H,1-2H3,(H,19,20)/b12-11+. The molecule has 112 valence electrons. The van der Waals surface area contributed by atoms with Gasteiger partial charge in [0.2, 0.25) is 0 Å². The van der Waals surface area contributed by atoms with Crippen LogP contribution < -0.4 is 0 Å². The second-order valence-electron chi connectivity index (χ2n) is 4.82. The van der Waals surface area contributed by atoms with E-state index < -0.39 is 5.97 Å². The summed E-state index contributed by atoms with van der Waals surface area (Å²) in [5.74, 6) is -1.29. The van der Waals surface area contributed by atoms with Crippen molar-refractivity contribution in [3.63, 3.8) is 0 Å². The zero-order valence-electron chi connectivity index (χ0n) is 12.4. The molecule has 0 fully saturated rings. The van der Waals surface area contributed by atoms with Crippen molar-refractivity contribution < 1.29 is 19.4 Å². The number of carbonyl (C=O) groups is 2. The molecule has 2 aromatic rings.